The largest absolute Gasteiger partial charge is 0.322 e. The summed E-state index contributed by atoms with van der Waals surface area (Å²) in [6.07, 6.45) is 0. The lowest BCUT2D eigenvalue weighted by atomic mass is 10.1. The van der Waals surface area contributed by atoms with E-state index in [-0.39, 0.29) is 11.8 Å². The van der Waals surface area contributed by atoms with E-state index in [2.05, 4.69) is 15.7 Å². The lowest BCUT2D eigenvalue weighted by Crippen LogP contribution is -2.14. The molecule has 4 aromatic rings. The molecule has 6 heteroatoms. The van der Waals surface area contributed by atoms with Crippen LogP contribution in [-0.2, 0) is 4.79 Å². The fourth-order valence-corrected chi connectivity index (χ4v) is 3.61. The van der Waals surface area contributed by atoms with Crippen LogP contribution in [0, 0.1) is 13.8 Å². The molecule has 2 amide bonds. The minimum Gasteiger partial charge on any atom is -0.322 e. The van der Waals surface area contributed by atoms with Crippen molar-refractivity contribution in [1.82, 2.24) is 9.78 Å². The molecule has 6 nitrogen and oxygen atoms in total. The number of hydrogen-bond donors (Lipinski definition) is 2. The second-order valence-electron chi connectivity index (χ2n) is 7.58. The third kappa shape index (κ3) is 4.30. The summed E-state index contributed by atoms with van der Waals surface area (Å²) in [5.74, 6) is 0.227. The highest BCUT2D eigenvalue weighted by molar-refractivity contribution is 6.04. The zero-order chi connectivity index (χ0) is 22.7. The summed E-state index contributed by atoms with van der Waals surface area (Å²) in [6.45, 7) is 5.33. The Morgan fingerprint density at radius 2 is 1.47 bits per heavy atom. The Kier molecular flexibility index (Phi) is 5.85. The van der Waals surface area contributed by atoms with Gasteiger partial charge in [-0.15, -0.1) is 0 Å². The number of carbonyl (C=O) groups is 2. The molecule has 0 aliphatic rings. The number of rotatable bonds is 5. The number of aryl methyl sites for hydroxylation is 2. The van der Waals surface area contributed by atoms with Crippen LogP contribution in [0.5, 0.6) is 0 Å². The van der Waals surface area contributed by atoms with Crippen LogP contribution in [0.15, 0.2) is 78.9 Å². The second-order valence-corrected chi connectivity index (χ2v) is 7.58. The lowest BCUT2D eigenvalue weighted by Gasteiger charge is -2.11. The number of anilines is 2. The standard InChI is InChI=1S/C26H24N4O2/c1-17-9-7-8-12-23(17)28-26(32)21-13-15-22(16-14-21)30-25(27-19(3)31)24(18(2)29-30)20-10-5-4-6-11-20/h4-16H,1-3H3,(H,27,31)(H,28,32). The van der Waals surface area contributed by atoms with Crippen molar-refractivity contribution in [2.75, 3.05) is 10.6 Å². The Morgan fingerprint density at radius 1 is 0.812 bits per heavy atom. The molecule has 32 heavy (non-hydrogen) atoms. The Balaban J connectivity index is 1.67. The Morgan fingerprint density at radius 3 is 2.12 bits per heavy atom. The third-order valence-corrected chi connectivity index (χ3v) is 5.18. The van der Waals surface area contributed by atoms with E-state index in [1.54, 1.807) is 16.8 Å². The number of carbonyl (C=O) groups excluding carboxylic acids is 2. The molecule has 0 unspecified atom stereocenters. The number of benzene rings is 3. The molecule has 0 aliphatic heterocycles. The van der Waals surface area contributed by atoms with Gasteiger partial charge in [-0.2, -0.15) is 5.10 Å². The first-order valence-electron chi connectivity index (χ1n) is 10.3. The van der Waals surface area contributed by atoms with Gasteiger partial charge in [-0.25, -0.2) is 4.68 Å². The topological polar surface area (TPSA) is 76.0 Å². The highest BCUT2D eigenvalue weighted by Gasteiger charge is 2.19. The van der Waals surface area contributed by atoms with E-state index in [4.69, 9.17) is 0 Å². The van der Waals surface area contributed by atoms with Crippen molar-refractivity contribution in [2.45, 2.75) is 20.8 Å². The first-order chi connectivity index (χ1) is 15.4. The monoisotopic (exact) mass is 424 g/mol. The predicted octanol–water partition coefficient (Wildman–Crippen LogP) is 5.37. The number of para-hydroxylation sites is 1. The summed E-state index contributed by atoms with van der Waals surface area (Å²) in [4.78, 5) is 24.6. The molecule has 1 heterocycles. The molecule has 0 atom stereocenters. The van der Waals surface area contributed by atoms with Crippen LogP contribution < -0.4 is 10.6 Å². The first kappa shape index (κ1) is 21.1. The number of nitrogens with one attached hydrogen (secondary N) is 2. The molecule has 160 valence electrons. The fraction of sp³-hybridized carbons (Fsp3) is 0.115. The van der Waals surface area contributed by atoms with Crippen LogP contribution in [-0.4, -0.2) is 21.6 Å². The molecule has 1 aromatic heterocycles. The highest BCUT2D eigenvalue weighted by atomic mass is 16.2. The smallest absolute Gasteiger partial charge is 0.255 e. The van der Waals surface area contributed by atoms with E-state index in [0.29, 0.717) is 11.4 Å². The van der Waals surface area contributed by atoms with Gasteiger partial charge in [-0.3, -0.25) is 9.59 Å². The summed E-state index contributed by atoms with van der Waals surface area (Å²) >= 11 is 0. The van der Waals surface area contributed by atoms with Gasteiger partial charge in [0.2, 0.25) is 5.91 Å². The molecule has 0 fully saturated rings. The number of nitrogens with zero attached hydrogens (tertiary/aromatic N) is 2. The molecule has 3 aromatic carbocycles. The van der Waals surface area contributed by atoms with Gasteiger partial charge in [0.15, 0.2) is 0 Å². The maximum atomic E-state index is 12.7. The summed E-state index contributed by atoms with van der Waals surface area (Å²) < 4.78 is 1.70. The van der Waals surface area contributed by atoms with Crippen molar-refractivity contribution in [3.05, 3.63) is 95.7 Å². The Bertz CT molecular complexity index is 1280. The highest BCUT2D eigenvalue weighted by Crippen LogP contribution is 2.33. The van der Waals surface area contributed by atoms with Crippen molar-refractivity contribution in [1.29, 1.82) is 0 Å². The maximum Gasteiger partial charge on any atom is 0.255 e. The normalized spacial score (nSPS) is 10.6. The minimum atomic E-state index is -0.186. The molecule has 2 N–H and O–H groups in total. The maximum absolute atomic E-state index is 12.7. The van der Waals surface area contributed by atoms with Gasteiger partial charge in [0.1, 0.15) is 5.82 Å². The SMILES string of the molecule is CC(=O)Nc1c(-c2ccccc2)c(C)nn1-c1ccc(C(=O)Nc2ccccc2C)cc1. The summed E-state index contributed by atoms with van der Waals surface area (Å²) in [7, 11) is 0. The molecule has 0 saturated heterocycles. The summed E-state index contributed by atoms with van der Waals surface area (Å²) in [5, 5.41) is 10.5. The summed E-state index contributed by atoms with van der Waals surface area (Å²) in [6, 6.07) is 24.6. The van der Waals surface area contributed by atoms with Crippen molar-refractivity contribution in [2.24, 2.45) is 0 Å². The Hall–Kier alpha value is -4.19. The van der Waals surface area contributed by atoms with Crippen LogP contribution in [0.4, 0.5) is 11.5 Å². The van der Waals surface area contributed by atoms with Gasteiger partial charge in [-0.05, 0) is 55.3 Å². The Labute approximate surface area is 186 Å². The van der Waals surface area contributed by atoms with Crippen molar-refractivity contribution in [3.8, 4) is 16.8 Å². The molecule has 4 rings (SSSR count). The molecule has 0 aliphatic carbocycles. The van der Waals surface area contributed by atoms with E-state index in [1.165, 1.54) is 6.92 Å². The van der Waals surface area contributed by atoms with Crippen LogP contribution >= 0.6 is 0 Å². The van der Waals surface area contributed by atoms with E-state index < -0.39 is 0 Å². The van der Waals surface area contributed by atoms with Gasteiger partial charge in [0.05, 0.1) is 11.4 Å². The van der Waals surface area contributed by atoms with E-state index >= 15 is 0 Å². The number of aromatic nitrogens is 2. The molecule has 0 bridgehead atoms. The average Bonchev–Trinajstić information content (AvgIpc) is 3.11. The lowest BCUT2D eigenvalue weighted by molar-refractivity contribution is -0.114. The van der Waals surface area contributed by atoms with Gasteiger partial charge in [0.25, 0.3) is 5.91 Å². The van der Waals surface area contributed by atoms with Crippen LogP contribution in [0.2, 0.25) is 0 Å². The van der Waals surface area contributed by atoms with Crippen LogP contribution in [0.3, 0.4) is 0 Å². The fourth-order valence-electron chi connectivity index (χ4n) is 3.61. The van der Waals surface area contributed by atoms with Crippen LogP contribution in [0.25, 0.3) is 16.8 Å². The molecule has 0 spiro atoms. The van der Waals surface area contributed by atoms with E-state index in [9.17, 15) is 9.59 Å². The van der Waals surface area contributed by atoms with E-state index in [0.717, 1.165) is 33.8 Å². The molecular weight excluding hydrogens is 400 g/mol. The van der Waals surface area contributed by atoms with Gasteiger partial charge in [-0.1, -0.05) is 48.5 Å². The van der Waals surface area contributed by atoms with Gasteiger partial charge < -0.3 is 10.6 Å². The van der Waals surface area contributed by atoms with E-state index in [1.807, 2.05) is 80.6 Å². The molecule has 0 saturated carbocycles. The van der Waals surface area contributed by atoms with Gasteiger partial charge in [0, 0.05) is 23.7 Å². The zero-order valence-corrected chi connectivity index (χ0v) is 18.2. The van der Waals surface area contributed by atoms with Crippen molar-refractivity contribution < 1.29 is 9.59 Å². The molecular formula is C26H24N4O2. The second kappa shape index (κ2) is 8.89. The average molecular weight is 425 g/mol. The first-order valence-corrected chi connectivity index (χ1v) is 10.3. The van der Waals surface area contributed by atoms with Gasteiger partial charge >= 0.3 is 0 Å². The number of amides is 2. The van der Waals surface area contributed by atoms with Crippen molar-refractivity contribution >= 4 is 23.3 Å². The van der Waals surface area contributed by atoms with Crippen molar-refractivity contribution in [3.63, 3.8) is 0 Å². The number of hydrogen-bond acceptors (Lipinski definition) is 3. The molecule has 0 radical (unpaired) electrons. The van der Waals surface area contributed by atoms with Crippen LogP contribution in [0.1, 0.15) is 28.5 Å². The summed E-state index contributed by atoms with van der Waals surface area (Å²) in [5.41, 5.74) is 5.68. The minimum absolute atomic E-state index is 0.183. The predicted molar refractivity (Wildman–Crippen MR) is 127 cm³/mol. The third-order valence-electron chi connectivity index (χ3n) is 5.18. The zero-order valence-electron chi connectivity index (χ0n) is 18.2. The quantitative estimate of drug-likeness (QED) is 0.452.